The Kier molecular flexibility index (Phi) is 4.26. The number of fused-ring (bicyclic) bond motifs is 2. The van der Waals surface area contributed by atoms with Crippen molar-refractivity contribution in [1.82, 2.24) is 4.98 Å². The minimum atomic E-state index is -0.948. The summed E-state index contributed by atoms with van der Waals surface area (Å²) >= 11 is 0. The maximum absolute atomic E-state index is 13.2. The van der Waals surface area contributed by atoms with E-state index in [1.807, 2.05) is 24.3 Å². The van der Waals surface area contributed by atoms with Crippen LogP contribution in [0.15, 0.2) is 77.0 Å². The van der Waals surface area contributed by atoms with E-state index in [9.17, 15) is 14.7 Å². The number of hydrogen-bond donors (Lipinski definition) is 2. The van der Waals surface area contributed by atoms with E-state index in [1.165, 1.54) is 11.2 Å². The number of furan rings is 1. The SMILES string of the molecule is O=C1C(=O)N(c2ccc3c(c2)OCCO3)C(c2ccco2)/C1=C(/O)c1c[nH]c2ccccc12. The van der Waals surface area contributed by atoms with Crippen LogP contribution in [0.2, 0.25) is 0 Å². The van der Waals surface area contributed by atoms with Crippen molar-refractivity contribution >= 4 is 34.0 Å². The van der Waals surface area contributed by atoms with Crippen molar-refractivity contribution in [2.24, 2.45) is 0 Å². The van der Waals surface area contributed by atoms with E-state index >= 15 is 0 Å². The van der Waals surface area contributed by atoms with Crippen molar-refractivity contribution in [3.63, 3.8) is 0 Å². The highest BCUT2D eigenvalue weighted by atomic mass is 16.6. The maximum atomic E-state index is 13.2. The average Bonchev–Trinajstić information content (AvgIpc) is 3.57. The quantitative estimate of drug-likeness (QED) is 0.280. The summed E-state index contributed by atoms with van der Waals surface area (Å²) in [5.74, 6) is -0.438. The van der Waals surface area contributed by atoms with Crippen LogP contribution >= 0.6 is 0 Å². The van der Waals surface area contributed by atoms with Gasteiger partial charge in [0.15, 0.2) is 11.5 Å². The molecular formula is C25H18N2O6. The van der Waals surface area contributed by atoms with Crippen molar-refractivity contribution in [2.45, 2.75) is 6.04 Å². The number of hydrogen-bond acceptors (Lipinski definition) is 6. The summed E-state index contributed by atoms with van der Waals surface area (Å²) in [6, 6.07) is 14.8. The second kappa shape index (κ2) is 7.30. The molecule has 4 aromatic rings. The Balaban J connectivity index is 1.54. The van der Waals surface area contributed by atoms with Crippen LogP contribution in [0.5, 0.6) is 11.5 Å². The number of nitrogens with zero attached hydrogens (tertiary/aromatic N) is 1. The van der Waals surface area contributed by atoms with Gasteiger partial charge in [0, 0.05) is 34.4 Å². The van der Waals surface area contributed by atoms with Gasteiger partial charge in [-0.1, -0.05) is 18.2 Å². The molecule has 4 heterocycles. The van der Waals surface area contributed by atoms with Gasteiger partial charge in [0.1, 0.15) is 30.8 Å². The van der Waals surface area contributed by atoms with Crippen LogP contribution in [0.4, 0.5) is 5.69 Å². The first-order chi connectivity index (χ1) is 16.1. The molecule has 2 aliphatic rings. The average molecular weight is 442 g/mol. The van der Waals surface area contributed by atoms with E-state index in [-0.39, 0.29) is 11.3 Å². The van der Waals surface area contributed by atoms with Crippen LogP contribution in [0, 0.1) is 0 Å². The Labute approximate surface area is 187 Å². The second-order valence-electron chi connectivity index (χ2n) is 7.76. The van der Waals surface area contributed by atoms with Crippen LogP contribution < -0.4 is 14.4 Å². The van der Waals surface area contributed by atoms with Gasteiger partial charge >= 0.3 is 0 Å². The van der Waals surface area contributed by atoms with Crippen LogP contribution in [-0.4, -0.2) is 35.0 Å². The largest absolute Gasteiger partial charge is 0.507 e. The van der Waals surface area contributed by atoms with Gasteiger partial charge in [-0.25, -0.2) is 0 Å². The number of ether oxygens (including phenoxy) is 2. The van der Waals surface area contributed by atoms with Gasteiger partial charge in [0.25, 0.3) is 11.7 Å². The molecule has 1 atom stereocenters. The molecule has 2 N–H and O–H groups in total. The van der Waals surface area contributed by atoms with Crippen LogP contribution in [0.3, 0.4) is 0 Å². The summed E-state index contributed by atoms with van der Waals surface area (Å²) in [6.07, 6.45) is 3.08. The fourth-order valence-electron chi connectivity index (χ4n) is 4.41. The van der Waals surface area contributed by atoms with Gasteiger partial charge in [-0.3, -0.25) is 14.5 Å². The highest BCUT2D eigenvalue weighted by Gasteiger charge is 2.48. The number of H-pyrrole nitrogens is 1. The third-order valence-electron chi connectivity index (χ3n) is 5.91. The van der Waals surface area contributed by atoms with E-state index in [4.69, 9.17) is 13.9 Å². The molecule has 0 aliphatic carbocycles. The fourth-order valence-corrected chi connectivity index (χ4v) is 4.41. The monoisotopic (exact) mass is 442 g/mol. The fraction of sp³-hybridized carbons (Fsp3) is 0.120. The van der Waals surface area contributed by atoms with E-state index in [1.54, 1.807) is 36.5 Å². The molecule has 1 fully saturated rings. The number of carbonyl (C=O) groups excluding carboxylic acids is 2. The Morgan fingerprint density at radius 2 is 1.82 bits per heavy atom. The number of nitrogens with one attached hydrogen (secondary N) is 1. The van der Waals surface area contributed by atoms with Gasteiger partial charge in [0.2, 0.25) is 0 Å². The third kappa shape index (κ3) is 2.91. The van der Waals surface area contributed by atoms with Crippen molar-refractivity contribution in [2.75, 3.05) is 18.1 Å². The molecular weight excluding hydrogens is 424 g/mol. The highest BCUT2D eigenvalue weighted by molar-refractivity contribution is 6.51. The van der Waals surface area contributed by atoms with Gasteiger partial charge in [-0.2, -0.15) is 0 Å². The van der Waals surface area contributed by atoms with Gasteiger partial charge in [-0.05, 0) is 30.3 Å². The number of ketones is 1. The molecule has 0 saturated carbocycles. The normalized spacial score (nSPS) is 19.4. The van der Waals surface area contributed by atoms with E-state index in [0.29, 0.717) is 41.7 Å². The van der Waals surface area contributed by atoms with Crippen molar-refractivity contribution in [1.29, 1.82) is 0 Å². The Hall–Kier alpha value is -4.46. The molecule has 0 radical (unpaired) electrons. The van der Waals surface area contributed by atoms with Gasteiger partial charge < -0.3 is 24.0 Å². The number of rotatable bonds is 3. The molecule has 6 rings (SSSR count). The van der Waals surface area contributed by atoms with Crippen LogP contribution in [0.1, 0.15) is 17.4 Å². The minimum absolute atomic E-state index is 0.0467. The maximum Gasteiger partial charge on any atom is 0.300 e. The number of aromatic amines is 1. The molecule has 33 heavy (non-hydrogen) atoms. The number of anilines is 1. The van der Waals surface area contributed by atoms with Crippen molar-refractivity contribution < 1.29 is 28.6 Å². The first-order valence-corrected chi connectivity index (χ1v) is 10.4. The van der Waals surface area contributed by atoms with Crippen LogP contribution in [0.25, 0.3) is 16.7 Å². The second-order valence-corrected chi connectivity index (χ2v) is 7.76. The zero-order valence-electron chi connectivity index (χ0n) is 17.3. The van der Waals surface area contributed by atoms with E-state index in [2.05, 4.69) is 4.98 Å². The Morgan fingerprint density at radius 1 is 1.00 bits per heavy atom. The topological polar surface area (TPSA) is 105 Å². The summed E-state index contributed by atoms with van der Waals surface area (Å²) in [6.45, 7) is 0.825. The minimum Gasteiger partial charge on any atom is -0.507 e. The smallest absolute Gasteiger partial charge is 0.300 e. The number of Topliss-reactive ketones (excluding diaryl/α,β-unsaturated/α-hetero) is 1. The zero-order valence-corrected chi connectivity index (χ0v) is 17.3. The first-order valence-electron chi connectivity index (χ1n) is 10.4. The molecule has 0 bridgehead atoms. The lowest BCUT2D eigenvalue weighted by atomic mass is 9.99. The Bertz CT molecular complexity index is 1430. The van der Waals surface area contributed by atoms with Gasteiger partial charge in [0.05, 0.1) is 11.8 Å². The molecule has 164 valence electrons. The lowest BCUT2D eigenvalue weighted by Crippen LogP contribution is -2.29. The van der Waals surface area contributed by atoms with Gasteiger partial charge in [-0.15, -0.1) is 0 Å². The number of carbonyl (C=O) groups is 2. The number of amides is 1. The van der Waals surface area contributed by atoms with E-state index in [0.717, 1.165) is 10.9 Å². The van der Waals surface area contributed by atoms with E-state index < -0.39 is 17.7 Å². The van der Waals surface area contributed by atoms with Crippen molar-refractivity contribution in [3.8, 4) is 11.5 Å². The molecule has 0 spiro atoms. The third-order valence-corrected chi connectivity index (χ3v) is 5.91. The predicted molar refractivity (Wildman–Crippen MR) is 119 cm³/mol. The molecule has 1 unspecified atom stereocenters. The summed E-state index contributed by atoms with van der Waals surface area (Å²) in [4.78, 5) is 30.9. The summed E-state index contributed by atoms with van der Waals surface area (Å²) < 4.78 is 16.8. The van der Waals surface area contributed by atoms with Crippen molar-refractivity contribution in [3.05, 3.63) is 84.0 Å². The molecule has 2 aliphatic heterocycles. The van der Waals surface area contributed by atoms with Crippen LogP contribution in [-0.2, 0) is 9.59 Å². The highest BCUT2D eigenvalue weighted by Crippen LogP contribution is 2.45. The lowest BCUT2D eigenvalue weighted by Gasteiger charge is -2.25. The molecule has 1 amide bonds. The summed E-state index contributed by atoms with van der Waals surface area (Å²) in [7, 11) is 0. The Morgan fingerprint density at radius 3 is 2.64 bits per heavy atom. The summed E-state index contributed by atoms with van der Waals surface area (Å²) in [5.41, 5.74) is 1.62. The number of aliphatic hydroxyl groups is 1. The molecule has 2 aromatic carbocycles. The summed E-state index contributed by atoms with van der Waals surface area (Å²) in [5, 5.41) is 12.0. The number of benzene rings is 2. The molecule has 8 heteroatoms. The standard InChI is InChI=1S/C25H18N2O6/c28-23(16-13-26-17-5-2-1-4-15(16)17)21-22(19-6-3-9-31-19)27(25(30)24(21)29)14-7-8-18-20(12-14)33-11-10-32-18/h1-9,12-13,22,26,28H,10-11H2/b23-21-. The first kappa shape index (κ1) is 19.2. The molecule has 8 nitrogen and oxygen atoms in total. The number of aromatic nitrogens is 1. The predicted octanol–water partition coefficient (Wildman–Crippen LogP) is 4.16. The zero-order chi connectivity index (χ0) is 22.5. The number of para-hydroxylation sites is 1. The number of aliphatic hydroxyl groups excluding tert-OH is 1. The molecule has 1 saturated heterocycles. The molecule has 2 aromatic heterocycles. The lowest BCUT2D eigenvalue weighted by molar-refractivity contribution is -0.132.